The van der Waals surface area contributed by atoms with Crippen molar-refractivity contribution >= 4 is 291 Å². The number of phenols is 3. The number of carboxylic acids is 4. The van der Waals surface area contributed by atoms with E-state index in [1.54, 1.807) is 102 Å². The third kappa shape index (κ3) is 80.8. The zero-order chi connectivity index (χ0) is 89.1. The normalized spacial score (nSPS) is 10.8. The van der Waals surface area contributed by atoms with Crippen LogP contribution in [0.2, 0.25) is 0 Å². The number of nitrogens with one attached hydrogen (secondary N) is 3. The molecule has 0 saturated carbocycles. The van der Waals surface area contributed by atoms with E-state index in [0.29, 0.717) is 83.0 Å². The van der Waals surface area contributed by atoms with Crippen molar-refractivity contribution in [2.45, 2.75) is 49.9 Å². The molecule has 3 amide bonds. The van der Waals surface area contributed by atoms with Crippen molar-refractivity contribution in [2.75, 3.05) is 64.0 Å². The molecule has 6 aromatic rings. The molecule has 0 aromatic heterocycles. The van der Waals surface area contributed by atoms with E-state index in [1.807, 2.05) is 79.6 Å². The number of carbonyl (C=O) groups is 7. The average Bonchev–Trinajstić information content (AvgIpc) is 0.822. The number of hydrogen-bond acceptors (Lipinski definition) is 38. The van der Waals surface area contributed by atoms with Gasteiger partial charge in [0.15, 0.2) is 0 Å². The van der Waals surface area contributed by atoms with Crippen molar-refractivity contribution in [3.05, 3.63) is 166 Å². The van der Waals surface area contributed by atoms with Crippen molar-refractivity contribution in [3.8, 4) is 17.2 Å². The molecule has 0 radical (unpaired) electrons. The van der Waals surface area contributed by atoms with Gasteiger partial charge in [-0.15, -0.1) is 0 Å². The summed E-state index contributed by atoms with van der Waals surface area (Å²) in [5.41, 5.74) is 23.1. The van der Waals surface area contributed by atoms with Crippen LogP contribution in [0.15, 0.2) is 149 Å². The molecule has 14 N–H and O–H groups in total. The maximum absolute atomic E-state index is 12.1. The number of hydrogen-bond donors (Lipinski definition) is 10. The number of nitrogens with two attached hydrogens (primary N) is 4. The molecule has 0 heterocycles. The van der Waals surface area contributed by atoms with E-state index < -0.39 is 89.6 Å². The number of rotatable bonds is 22. The molecule has 0 aliphatic carbocycles. The summed E-state index contributed by atoms with van der Waals surface area (Å²) in [6.07, 6.45) is 9.58. The SMILES string of the molecule is CSCC[C@H](N)C(=O)[O-].CSCC[C@H](N)C(=O)[O-].CSCC[C@H](N)C(=O)[O-].CSCC[C@H](N)C(=O)[O-].O=C(Nc1ccccc1)c1cc(Br)c(Br)c(Br)c1O.O=C(Nc1ccccc1)c1cc(Br)c(Br)c(Br)c1O.O=C(Nc1ccccc1)c1cc(Br)c(Br)c(Br)c1O.O=S(=O)([O-])[O-].O=S(=O)([O-])[O-].O=S(=O)([O-])[O-].O=S(=O)([O-])[O-].[Zn+2].[Zn+2].[Zn+2].[Zn+2].[Zn+2].[Zn+2]. The molecule has 0 aliphatic heterocycles. The molecule has 0 saturated heterocycles. The first-order valence-electron chi connectivity index (χ1n) is 28.9. The monoisotopic (exact) mass is 2700 g/mol. The molecule has 0 unspecified atom stereocenters. The summed E-state index contributed by atoms with van der Waals surface area (Å²) >= 11 is 35.8. The molecule has 119 heavy (non-hydrogen) atoms. The summed E-state index contributed by atoms with van der Waals surface area (Å²) in [6.45, 7) is 0. The molecule has 37 nitrogen and oxygen atoms in total. The molecule has 4 atom stereocenters. The fourth-order valence-electron chi connectivity index (χ4n) is 5.89. The molecule has 638 valence electrons. The molecule has 0 bridgehead atoms. The number of benzene rings is 6. The summed E-state index contributed by atoms with van der Waals surface area (Å²) in [5, 5.41) is 78.0. The molecule has 0 fully saturated rings. The van der Waals surface area contributed by atoms with Crippen LogP contribution in [0.4, 0.5) is 17.1 Å². The van der Waals surface area contributed by atoms with Crippen molar-refractivity contribution in [2.24, 2.45) is 22.9 Å². The van der Waals surface area contributed by atoms with Gasteiger partial charge in [0.2, 0.25) is 0 Å². The largest absolute Gasteiger partial charge is 2.00 e. The predicted octanol–water partition coefficient (Wildman–Crippen LogP) is 4.70. The minimum Gasteiger partial charge on any atom is -0.759 e. The summed E-state index contributed by atoms with van der Waals surface area (Å²) in [7, 11) is -20.7. The van der Waals surface area contributed by atoms with Crippen LogP contribution < -0.4 is 59.3 Å². The maximum atomic E-state index is 12.1. The average molecular weight is 2720 g/mol. The Morgan fingerprint density at radius 2 is 0.471 bits per heavy atom. The van der Waals surface area contributed by atoms with E-state index in [0.717, 1.165) is 23.0 Å². The van der Waals surface area contributed by atoms with Crippen molar-refractivity contribution in [1.82, 2.24) is 0 Å². The van der Waals surface area contributed by atoms with Gasteiger partial charge in [-0.25, -0.2) is 0 Å². The number of aromatic hydroxyl groups is 3. The van der Waals surface area contributed by atoms with Crippen LogP contribution in [0.25, 0.3) is 0 Å². The second-order valence-corrected chi connectivity index (χ2v) is 34.1. The minimum absolute atomic E-state index is 0. The number of phenolic OH excluding ortho intramolecular Hbond substituents is 3. The van der Waals surface area contributed by atoms with Gasteiger partial charge in [-0.05, 0) is 272 Å². The predicted molar refractivity (Wildman–Crippen MR) is 443 cm³/mol. The van der Waals surface area contributed by atoms with Gasteiger partial charge >= 0.3 is 117 Å². The molecule has 60 heteroatoms. The van der Waals surface area contributed by atoms with E-state index in [4.69, 9.17) is 93.0 Å². The Labute approximate surface area is 855 Å². The van der Waals surface area contributed by atoms with Gasteiger partial charge in [0.1, 0.15) is 17.2 Å². The standard InChI is InChI=1S/3C13H8Br3NO2.4C5H11NO2S.4H2O4S.6Zn/c3*14-9-6-8(12(18)11(16)10(9)15)13(19)17-7-4-2-1-3-5-7;4*1-9-3-2-4(6)5(7)8;4*1-5(2,3)4;;;;;;/h3*1-6,18H,(H,17,19);4*4H,2-3,6H2,1H3,(H,7,8);4*(H2,1,2,3,4);;;;;;/q;;;;;;;;;;;6*+2/p-12/t;;;4*4-;;;;;;;;;;/m...0000........../s1. The van der Waals surface area contributed by atoms with Gasteiger partial charge in [0, 0.05) is 110 Å². The number of thioether (sulfide) groups is 4. The van der Waals surface area contributed by atoms with Crippen LogP contribution in [-0.4, -0.2) is 199 Å². The second kappa shape index (κ2) is 77.7. The van der Waals surface area contributed by atoms with Gasteiger partial charge in [-0.1, -0.05) is 54.6 Å². The second-order valence-electron chi connectivity index (χ2n) is 19.6. The van der Waals surface area contributed by atoms with E-state index in [-0.39, 0.29) is 169 Å². The molecule has 0 aliphatic rings. The van der Waals surface area contributed by atoms with Crippen molar-refractivity contribution < 1.29 is 256 Å². The summed E-state index contributed by atoms with van der Waals surface area (Å²) in [6, 6.07) is 28.7. The molecule has 6 aromatic carbocycles. The van der Waals surface area contributed by atoms with Gasteiger partial charge in [0.25, 0.3) is 17.7 Å². The molecule has 0 spiro atoms. The third-order valence-corrected chi connectivity index (χ3v) is 23.4. The number of para-hydroxylation sites is 3. The fourth-order valence-corrected chi connectivity index (χ4v) is 12.1. The van der Waals surface area contributed by atoms with Crippen LogP contribution in [-0.2, 0) is 178 Å². The smallest absolute Gasteiger partial charge is 0.759 e. The Bertz CT molecular complexity index is 3940. The van der Waals surface area contributed by atoms with Crippen molar-refractivity contribution in [1.29, 1.82) is 0 Å². The third-order valence-electron chi connectivity index (χ3n) is 11.0. The van der Waals surface area contributed by atoms with E-state index in [9.17, 15) is 69.3 Å². The van der Waals surface area contributed by atoms with Crippen LogP contribution in [0.3, 0.4) is 0 Å². The zero-order valence-electron chi connectivity index (χ0n) is 61.9. The Balaban J connectivity index is -0.000000124. The van der Waals surface area contributed by atoms with E-state index in [1.165, 1.54) is 0 Å². The number of halogens is 9. The Morgan fingerprint density at radius 3 is 0.597 bits per heavy atom. The van der Waals surface area contributed by atoms with Gasteiger partial charge in [-0.2, -0.15) is 47.0 Å². The van der Waals surface area contributed by atoms with Crippen molar-refractivity contribution in [3.63, 3.8) is 0 Å². The first-order valence-corrected chi connectivity index (χ1v) is 47.0. The first-order chi connectivity index (χ1) is 51.7. The Morgan fingerprint density at radius 1 is 0.328 bits per heavy atom. The van der Waals surface area contributed by atoms with Crippen LogP contribution in [0, 0.1) is 0 Å². The number of anilines is 3. The van der Waals surface area contributed by atoms with Crippen LogP contribution >= 0.6 is 190 Å². The van der Waals surface area contributed by atoms with E-state index >= 15 is 0 Å². The molecular formula is C59H64Br9N7O30S8Zn6. The topological polar surface area (TPSA) is 734 Å². The van der Waals surface area contributed by atoms with Crippen LogP contribution in [0.5, 0.6) is 17.2 Å². The van der Waals surface area contributed by atoms with Crippen LogP contribution in [0.1, 0.15) is 56.8 Å². The summed E-state index contributed by atoms with van der Waals surface area (Å²) in [5.74, 6) is -3.02. The number of carboxylic acid groups (broad SMARTS) is 4. The molecular weight excluding hydrogens is 2650 g/mol. The summed E-state index contributed by atoms with van der Waals surface area (Å²) in [4.78, 5) is 76.2. The Hall–Kier alpha value is -0.210. The maximum Gasteiger partial charge on any atom is 2.00 e. The Kier molecular flexibility index (Phi) is 92.6. The number of carbonyl (C=O) groups excluding carboxylic acids is 7. The zero-order valence-corrected chi connectivity index (χ0v) is 101. The van der Waals surface area contributed by atoms with E-state index in [2.05, 4.69) is 159 Å². The minimum atomic E-state index is -5.17. The van der Waals surface area contributed by atoms with Gasteiger partial charge in [0.05, 0.1) is 54.0 Å². The first kappa shape index (κ1) is 142. The van der Waals surface area contributed by atoms with Gasteiger partial charge in [-0.3, -0.25) is 48.1 Å². The quantitative estimate of drug-likeness (QED) is 0.0191. The molecule has 6 rings (SSSR count). The van der Waals surface area contributed by atoms with Gasteiger partial charge < -0.3 is 130 Å². The summed E-state index contributed by atoms with van der Waals surface area (Å²) < 4.78 is 142. The number of amides is 3. The fraction of sp³-hybridized carbons (Fsp3) is 0.271. The number of aliphatic carboxylic acids is 4.